The standard InChI is InChI=1S/C28H24N2O4/c1-3-33-23-14-11-21(12-15-23)27(31)30-29-18-25-24-10-5-4-8-20(24)13-16-26(25)34-28(32)22-9-6-7-19(2)17-22/h4-18H,3H2,1-2H3,(H,30,31)/b29-18-. The molecule has 0 radical (unpaired) electrons. The summed E-state index contributed by atoms with van der Waals surface area (Å²) in [5.74, 6) is 0.215. The molecule has 4 aromatic rings. The normalized spacial score (nSPS) is 10.9. The lowest BCUT2D eigenvalue weighted by Crippen LogP contribution is -2.17. The summed E-state index contributed by atoms with van der Waals surface area (Å²) in [6, 6.07) is 25.3. The van der Waals surface area contributed by atoms with Gasteiger partial charge in [0.05, 0.1) is 18.4 Å². The topological polar surface area (TPSA) is 77.0 Å². The van der Waals surface area contributed by atoms with Crippen LogP contribution in [0.25, 0.3) is 10.8 Å². The van der Waals surface area contributed by atoms with Gasteiger partial charge in [0.15, 0.2) is 0 Å². The van der Waals surface area contributed by atoms with Crippen LogP contribution in [0.1, 0.15) is 38.8 Å². The molecule has 0 fully saturated rings. The predicted molar refractivity (Wildman–Crippen MR) is 133 cm³/mol. The molecule has 1 amide bonds. The van der Waals surface area contributed by atoms with Gasteiger partial charge in [0.2, 0.25) is 0 Å². The van der Waals surface area contributed by atoms with Crippen molar-refractivity contribution in [3.63, 3.8) is 0 Å². The van der Waals surface area contributed by atoms with Crippen molar-refractivity contribution in [3.8, 4) is 11.5 Å². The van der Waals surface area contributed by atoms with Crippen LogP contribution in [0, 0.1) is 6.92 Å². The largest absolute Gasteiger partial charge is 0.494 e. The summed E-state index contributed by atoms with van der Waals surface area (Å²) in [6.45, 7) is 4.37. The monoisotopic (exact) mass is 452 g/mol. The second kappa shape index (κ2) is 10.4. The van der Waals surface area contributed by atoms with Crippen LogP contribution < -0.4 is 14.9 Å². The van der Waals surface area contributed by atoms with Gasteiger partial charge < -0.3 is 9.47 Å². The van der Waals surface area contributed by atoms with Gasteiger partial charge in [-0.05, 0) is 67.1 Å². The molecule has 6 heteroatoms. The van der Waals surface area contributed by atoms with Crippen molar-refractivity contribution in [2.45, 2.75) is 13.8 Å². The number of fused-ring (bicyclic) bond motifs is 1. The third-order valence-corrected chi connectivity index (χ3v) is 5.17. The van der Waals surface area contributed by atoms with Crippen molar-refractivity contribution in [2.24, 2.45) is 5.10 Å². The zero-order chi connectivity index (χ0) is 23.9. The van der Waals surface area contributed by atoms with Crippen LogP contribution in [0.4, 0.5) is 0 Å². The van der Waals surface area contributed by atoms with Crippen molar-refractivity contribution in [1.82, 2.24) is 5.43 Å². The molecule has 0 saturated carbocycles. The van der Waals surface area contributed by atoms with E-state index in [2.05, 4.69) is 10.5 Å². The molecule has 0 spiro atoms. The minimum Gasteiger partial charge on any atom is -0.494 e. The summed E-state index contributed by atoms with van der Waals surface area (Å²) in [6.07, 6.45) is 1.49. The maximum atomic E-state index is 12.7. The van der Waals surface area contributed by atoms with Crippen LogP contribution in [0.3, 0.4) is 0 Å². The molecule has 4 rings (SSSR count). The van der Waals surface area contributed by atoms with E-state index in [0.717, 1.165) is 16.3 Å². The first-order chi connectivity index (χ1) is 16.5. The van der Waals surface area contributed by atoms with E-state index in [1.165, 1.54) is 6.21 Å². The summed E-state index contributed by atoms with van der Waals surface area (Å²) in [5.41, 5.74) is 4.99. The number of hydrogen-bond acceptors (Lipinski definition) is 5. The van der Waals surface area contributed by atoms with E-state index in [9.17, 15) is 9.59 Å². The van der Waals surface area contributed by atoms with Crippen molar-refractivity contribution >= 4 is 28.9 Å². The van der Waals surface area contributed by atoms with Crippen molar-refractivity contribution < 1.29 is 19.1 Å². The molecule has 0 atom stereocenters. The molecule has 0 aliphatic rings. The van der Waals surface area contributed by atoms with Gasteiger partial charge in [-0.1, -0.05) is 48.0 Å². The highest BCUT2D eigenvalue weighted by Gasteiger charge is 2.14. The van der Waals surface area contributed by atoms with Crippen LogP contribution >= 0.6 is 0 Å². The Bertz CT molecular complexity index is 1360. The summed E-state index contributed by atoms with van der Waals surface area (Å²) in [7, 11) is 0. The molecule has 170 valence electrons. The van der Waals surface area contributed by atoms with Gasteiger partial charge in [-0.15, -0.1) is 0 Å². The number of hydrazone groups is 1. The average molecular weight is 453 g/mol. The number of esters is 1. The van der Waals surface area contributed by atoms with Gasteiger partial charge in [0, 0.05) is 11.1 Å². The number of nitrogens with zero attached hydrogens (tertiary/aromatic N) is 1. The molecule has 1 N–H and O–H groups in total. The molecular formula is C28H24N2O4. The molecule has 0 aliphatic carbocycles. The quantitative estimate of drug-likeness (QED) is 0.173. The van der Waals surface area contributed by atoms with Crippen molar-refractivity contribution in [3.05, 3.63) is 107 Å². The number of aryl methyl sites for hydroxylation is 1. The molecule has 0 aromatic heterocycles. The van der Waals surface area contributed by atoms with Gasteiger partial charge in [-0.2, -0.15) is 5.10 Å². The Morgan fingerprint density at radius 1 is 0.912 bits per heavy atom. The van der Waals surface area contributed by atoms with Crippen LogP contribution in [0.5, 0.6) is 11.5 Å². The van der Waals surface area contributed by atoms with Crippen LogP contribution in [-0.2, 0) is 0 Å². The third kappa shape index (κ3) is 5.30. The smallest absolute Gasteiger partial charge is 0.343 e. The molecule has 0 aliphatic heterocycles. The average Bonchev–Trinajstić information content (AvgIpc) is 2.85. The fraction of sp³-hybridized carbons (Fsp3) is 0.107. The van der Waals surface area contributed by atoms with E-state index in [-0.39, 0.29) is 5.91 Å². The first-order valence-electron chi connectivity index (χ1n) is 10.9. The van der Waals surface area contributed by atoms with E-state index in [0.29, 0.717) is 34.8 Å². The Labute approximate surface area is 197 Å². The molecule has 0 heterocycles. The van der Waals surface area contributed by atoms with Crippen LogP contribution in [0.15, 0.2) is 90.0 Å². The number of ether oxygens (including phenoxy) is 2. The minimum atomic E-state index is -0.466. The molecule has 0 unspecified atom stereocenters. The van der Waals surface area contributed by atoms with Gasteiger partial charge in [-0.25, -0.2) is 10.2 Å². The van der Waals surface area contributed by atoms with E-state index in [1.54, 1.807) is 42.5 Å². The molecule has 0 bridgehead atoms. The number of carbonyl (C=O) groups excluding carboxylic acids is 2. The Kier molecular flexibility index (Phi) is 6.98. The van der Waals surface area contributed by atoms with E-state index in [4.69, 9.17) is 9.47 Å². The summed E-state index contributed by atoms with van der Waals surface area (Å²) < 4.78 is 11.1. The third-order valence-electron chi connectivity index (χ3n) is 5.17. The highest BCUT2D eigenvalue weighted by atomic mass is 16.5. The molecular weight excluding hydrogens is 428 g/mol. The highest BCUT2D eigenvalue weighted by molar-refractivity contribution is 6.04. The summed E-state index contributed by atoms with van der Waals surface area (Å²) >= 11 is 0. The van der Waals surface area contributed by atoms with E-state index >= 15 is 0 Å². The van der Waals surface area contributed by atoms with Gasteiger partial charge in [0.1, 0.15) is 11.5 Å². The zero-order valence-electron chi connectivity index (χ0n) is 18.9. The van der Waals surface area contributed by atoms with Crippen molar-refractivity contribution in [2.75, 3.05) is 6.61 Å². The van der Waals surface area contributed by atoms with Crippen molar-refractivity contribution in [1.29, 1.82) is 0 Å². The lowest BCUT2D eigenvalue weighted by atomic mass is 10.0. The second-order valence-corrected chi connectivity index (χ2v) is 7.61. The maximum Gasteiger partial charge on any atom is 0.343 e. The molecule has 4 aromatic carbocycles. The maximum absolute atomic E-state index is 12.7. The molecule has 34 heavy (non-hydrogen) atoms. The molecule has 0 saturated heterocycles. The SMILES string of the molecule is CCOc1ccc(C(=O)N/N=C\c2c(OC(=O)c3cccc(C)c3)ccc3ccccc23)cc1. The van der Waals surface area contributed by atoms with Gasteiger partial charge in [-0.3, -0.25) is 4.79 Å². The summed E-state index contributed by atoms with van der Waals surface area (Å²) in [4.78, 5) is 25.2. The fourth-order valence-corrected chi connectivity index (χ4v) is 3.52. The number of benzene rings is 4. The minimum absolute atomic E-state index is 0.351. The van der Waals surface area contributed by atoms with Crippen LogP contribution in [-0.4, -0.2) is 24.7 Å². The summed E-state index contributed by atoms with van der Waals surface area (Å²) in [5, 5.41) is 5.93. The number of carbonyl (C=O) groups is 2. The van der Waals surface area contributed by atoms with E-state index in [1.807, 2.05) is 56.3 Å². The lowest BCUT2D eigenvalue weighted by molar-refractivity contribution is 0.0734. The first-order valence-corrected chi connectivity index (χ1v) is 10.9. The lowest BCUT2D eigenvalue weighted by Gasteiger charge is -2.11. The number of amides is 1. The fourth-order valence-electron chi connectivity index (χ4n) is 3.52. The highest BCUT2D eigenvalue weighted by Crippen LogP contribution is 2.27. The Hall–Kier alpha value is -4.45. The number of rotatable bonds is 7. The second-order valence-electron chi connectivity index (χ2n) is 7.61. The van der Waals surface area contributed by atoms with E-state index < -0.39 is 5.97 Å². The Morgan fingerprint density at radius 2 is 1.71 bits per heavy atom. The zero-order valence-corrected chi connectivity index (χ0v) is 18.9. The number of nitrogens with one attached hydrogen (secondary N) is 1. The van der Waals surface area contributed by atoms with Gasteiger partial charge in [0.25, 0.3) is 5.91 Å². The Balaban J connectivity index is 1.58. The first kappa shape index (κ1) is 22.7. The van der Waals surface area contributed by atoms with Gasteiger partial charge >= 0.3 is 5.97 Å². The van der Waals surface area contributed by atoms with Crippen LogP contribution in [0.2, 0.25) is 0 Å². The predicted octanol–water partition coefficient (Wildman–Crippen LogP) is 5.53. The molecule has 6 nitrogen and oxygen atoms in total. The number of hydrogen-bond donors (Lipinski definition) is 1. The Morgan fingerprint density at radius 3 is 2.47 bits per heavy atom.